The van der Waals surface area contributed by atoms with Crippen molar-refractivity contribution in [1.29, 1.82) is 0 Å². The molecule has 0 fully saturated rings. The highest BCUT2D eigenvalue weighted by atomic mass is 32.1. The first kappa shape index (κ1) is 14.9. The van der Waals surface area contributed by atoms with Gasteiger partial charge in [-0.05, 0) is 23.6 Å². The van der Waals surface area contributed by atoms with E-state index in [1.807, 2.05) is 0 Å². The van der Waals surface area contributed by atoms with Crippen LogP contribution in [-0.4, -0.2) is 22.2 Å². The van der Waals surface area contributed by atoms with E-state index in [2.05, 4.69) is 4.98 Å². The van der Waals surface area contributed by atoms with Gasteiger partial charge in [-0.25, -0.2) is 0 Å². The van der Waals surface area contributed by atoms with Gasteiger partial charge in [0.2, 0.25) is 5.60 Å². The number of rotatable bonds is 3. The molecule has 0 saturated carbocycles. The normalized spacial score (nSPS) is 15.9. The molecule has 0 aromatic carbocycles. The number of hydrogen-bond donors (Lipinski definition) is 1. The molecule has 2 rings (SSSR count). The zero-order chi connectivity index (χ0) is 15.0. The Morgan fingerprint density at radius 2 is 1.70 bits per heavy atom. The van der Waals surface area contributed by atoms with Crippen molar-refractivity contribution < 1.29 is 27.1 Å². The number of aromatic nitrogens is 1. The summed E-state index contributed by atoms with van der Waals surface area (Å²) in [4.78, 5) is 2.93. The molecule has 2 heterocycles. The van der Waals surface area contributed by atoms with E-state index in [1.54, 1.807) is 0 Å². The molecule has 0 amide bonds. The van der Waals surface area contributed by atoms with Gasteiger partial charge in [0.05, 0.1) is 5.69 Å². The Morgan fingerprint density at radius 1 is 1.00 bits per heavy atom. The Kier molecular flexibility index (Phi) is 3.55. The van der Waals surface area contributed by atoms with Crippen LogP contribution in [0.3, 0.4) is 0 Å². The second-order valence-corrected chi connectivity index (χ2v) is 4.92. The Bertz CT molecular complexity index is 569. The fourth-order valence-corrected chi connectivity index (χ4v) is 2.57. The van der Waals surface area contributed by atoms with Crippen LogP contribution in [0.25, 0.3) is 0 Å². The van der Waals surface area contributed by atoms with Crippen LogP contribution in [0, 0.1) is 0 Å². The highest BCUT2D eigenvalue weighted by Crippen LogP contribution is 2.52. The van der Waals surface area contributed by atoms with Crippen LogP contribution in [0.2, 0.25) is 0 Å². The average molecular weight is 309 g/mol. The summed E-state index contributed by atoms with van der Waals surface area (Å²) in [5, 5.41) is 11.5. The average Bonchev–Trinajstić information content (AvgIpc) is 2.91. The van der Waals surface area contributed by atoms with Crippen LogP contribution in [-0.2, 0) is 5.60 Å². The lowest BCUT2D eigenvalue weighted by Crippen LogP contribution is -2.55. The summed E-state index contributed by atoms with van der Waals surface area (Å²) in [6.45, 7) is 0. The summed E-state index contributed by atoms with van der Waals surface area (Å²) >= 11 is 0.598. The smallest absolute Gasteiger partial charge is 0.372 e. The van der Waals surface area contributed by atoms with Gasteiger partial charge in [-0.2, -0.15) is 22.0 Å². The first-order valence-electron chi connectivity index (χ1n) is 5.33. The lowest BCUT2D eigenvalue weighted by atomic mass is 9.89. The van der Waals surface area contributed by atoms with Gasteiger partial charge in [0, 0.05) is 11.1 Å². The highest BCUT2D eigenvalue weighted by Gasteiger charge is 2.72. The molecule has 0 saturated heterocycles. The van der Waals surface area contributed by atoms with Crippen molar-refractivity contribution >= 4 is 11.3 Å². The topological polar surface area (TPSA) is 33.1 Å². The Hall–Kier alpha value is -1.54. The third-order valence-corrected chi connectivity index (χ3v) is 3.70. The number of halogens is 5. The molecule has 0 spiro atoms. The van der Waals surface area contributed by atoms with Gasteiger partial charge in [0.25, 0.3) is 0 Å². The number of nitrogens with zero attached hydrogens (tertiary/aromatic N) is 1. The molecule has 1 atom stereocenters. The van der Waals surface area contributed by atoms with E-state index in [9.17, 15) is 27.1 Å². The van der Waals surface area contributed by atoms with E-state index >= 15 is 0 Å². The largest absolute Gasteiger partial charge is 0.457 e. The van der Waals surface area contributed by atoms with Crippen molar-refractivity contribution in [2.45, 2.75) is 17.7 Å². The molecule has 1 unspecified atom stereocenters. The summed E-state index contributed by atoms with van der Waals surface area (Å²) < 4.78 is 65.7. The van der Waals surface area contributed by atoms with Gasteiger partial charge in [0.15, 0.2) is 0 Å². The van der Waals surface area contributed by atoms with Gasteiger partial charge < -0.3 is 5.11 Å². The third kappa shape index (κ3) is 2.08. The standard InChI is InChI=1S/C12H8F5NOS/c13-11(14,12(15,16)17)10(19,9-5-3-7-20-9)8-4-1-2-6-18-8/h1-7,19H. The van der Waals surface area contributed by atoms with Gasteiger partial charge in [-0.3, -0.25) is 4.98 Å². The Morgan fingerprint density at radius 3 is 2.15 bits per heavy atom. The van der Waals surface area contributed by atoms with E-state index in [4.69, 9.17) is 0 Å². The second-order valence-electron chi connectivity index (χ2n) is 3.97. The fraction of sp³-hybridized carbons (Fsp3) is 0.250. The number of pyridine rings is 1. The third-order valence-electron chi connectivity index (χ3n) is 2.72. The molecule has 0 aliphatic rings. The predicted molar refractivity (Wildman–Crippen MR) is 62.6 cm³/mol. The van der Waals surface area contributed by atoms with E-state index in [0.717, 1.165) is 18.3 Å². The zero-order valence-corrected chi connectivity index (χ0v) is 10.6. The minimum atomic E-state index is -5.91. The maximum atomic E-state index is 13.8. The molecule has 8 heteroatoms. The van der Waals surface area contributed by atoms with Gasteiger partial charge in [0.1, 0.15) is 0 Å². The monoisotopic (exact) mass is 309 g/mol. The van der Waals surface area contributed by atoms with Crippen molar-refractivity contribution in [3.8, 4) is 0 Å². The summed E-state index contributed by atoms with van der Waals surface area (Å²) in [7, 11) is 0. The quantitative estimate of drug-likeness (QED) is 0.879. The number of thiophene rings is 1. The molecule has 0 aliphatic carbocycles. The van der Waals surface area contributed by atoms with Crippen molar-refractivity contribution in [3.05, 3.63) is 52.5 Å². The van der Waals surface area contributed by atoms with E-state index in [0.29, 0.717) is 11.3 Å². The molecule has 2 aromatic heterocycles. The maximum Gasteiger partial charge on any atom is 0.457 e. The minimum Gasteiger partial charge on any atom is -0.372 e. The molecule has 108 valence electrons. The van der Waals surface area contributed by atoms with Crippen molar-refractivity contribution in [1.82, 2.24) is 4.98 Å². The van der Waals surface area contributed by atoms with Gasteiger partial charge >= 0.3 is 12.1 Å². The first-order chi connectivity index (χ1) is 9.21. The van der Waals surface area contributed by atoms with E-state index in [-0.39, 0.29) is 0 Å². The fourth-order valence-electron chi connectivity index (χ4n) is 1.71. The van der Waals surface area contributed by atoms with E-state index < -0.39 is 28.3 Å². The lowest BCUT2D eigenvalue weighted by Gasteiger charge is -2.35. The number of hydrogen-bond acceptors (Lipinski definition) is 3. The van der Waals surface area contributed by atoms with E-state index in [1.165, 1.54) is 23.6 Å². The summed E-state index contributed by atoms with van der Waals surface area (Å²) in [6.07, 6.45) is -4.87. The molecular formula is C12H8F5NOS. The van der Waals surface area contributed by atoms with Crippen LogP contribution >= 0.6 is 11.3 Å². The second kappa shape index (κ2) is 4.78. The summed E-state index contributed by atoms with van der Waals surface area (Å²) in [5.41, 5.74) is -4.31. The predicted octanol–water partition coefficient (Wildman–Crippen LogP) is 3.58. The minimum absolute atomic E-state index is 0.529. The first-order valence-corrected chi connectivity index (χ1v) is 6.21. The van der Waals surface area contributed by atoms with Crippen LogP contribution < -0.4 is 0 Å². The Balaban J connectivity index is 2.69. The van der Waals surface area contributed by atoms with Gasteiger partial charge in [-0.1, -0.05) is 12.1 Å². The molecule has 20 heavy (non-hydrogen) atoms. The molecule has 0 bridgehead atoms. The number of alkyl halides is 5. The summed E-state index contributed by atoms with van der Waals surface area (Å²) in [6, 6.07) is 5.80. The van der Waals surface area contributed by atoms with Crippen LogP contribution in [0.15, 0.2) is 41.9 Å². The Labute approximate surface area is 114 Å². The molecule has 2 aromatic rings. The van der Waals surface area contributed by atoms with Crippen molar-refractivity contribution in [2.24, 2.45) is 0 Å². The molecule has 1 N–H and O–H groups in total. The summed E-state index contributed by atoms with van der Waals surface area (Å²) in [5.74, 6) is -5.38. The number of aliphatic hydroxyl groups is 1. The molecular weight excluding hydrogens is 301 g/mol. The lowest BCUT2D eigenvalue weighted by molar-refractivity contribution is -0.336. The SMILES string of the molecule is OC(c1ccccn1)(c1cccs1)C(F)(F)C(F)(F)F. The molecule has 0 radical (unpaired) electrons. The van der Waals surface area contributed by atoms with Crippen molar-refractivity contribution in [3.63, 3.8) is 0 Å². The highest BCUT2D eigenvalue weighted by molar-refractivity contribution is 7.10. The zero-order valence-electron chi connectivity index (χ0n) is 9.73. The molecule has 2 nitrogen and oxygen atoms in total. The van der Waals surface area contributed by atoms with Crippen molar-refractivity contribution in [2.75, 3.05) is 0 Å². The molecule has 0 aliphatic heterocycles. The van der Waals surface area contributed by atoms with Gasteiger partial charge in [-0.15, -0.1) is 11.3 Å². The van der Waals surface area contributed by atoms with Crippen LogP contribution in [0.1, 0.15) is 10.6 Å². The van der Waals surface area contributed by atoms with Crippen LogP contribution in [0.4, 0.5) is 22.0 Å². The van der Waals surface area contributed by atoms with Crippen LogP contribution in [0.5, 0.6) is 0 Å². The maximum absolute atomic E-state index is 13.8.